The second-order valence-electron chi connectivity index (χ2n) is 3.82. The van der Waals surface area contributed by atoms with E-state index in [4.69, 9.17) is 17.3 Å². The fourth-order valence-corrected chi connectivity index (χ4v) is 2.52. The normalized spacial score (nSPS) is 10.3. The highest BCUT2D eigenvalue weighted by molar-refractivity contribution is 14.1. The summed E-state index contributed by atoms with van der Waals surface area (Å²) in [6.07, 6.45) is 0. The molecule has 2 aromatic carbocycles. The van der Waals surface area contributed by atoms with Gasteiger partial charge in [0.1, 0.15) is 0 Å². The van der Waals surface area contributed by atoms with Crippen LogP contribution in [-0.2, 0) is 0 Å². The molecule has 2 nitrogen and oxygen atoms in total. The van der Waals surface area contributed by atoms with Gasteiger partial charge in [-0.2, -0.15) is 0 Å². The van der Waals surface area contributed by atoms with Gasteiger partial charge in [-0.05, 0) is 65.4 Å². The van der Waals surface area contributed by atoms with Gasteiger partial charge in [-0.1, -0.05) is 17.7 Å². The van der Waals surface area contributed by atoms with Gasteiger partial charge in [0.05, 0.1) is 5.69 Å². The van der Waals surface area contributed by atoms with Crippen molar-refractivity contribution in [2.75, 3.05) is 11.1 Å². The second kappa shape index (κ2) is 5.14. The predicted octanol–water partition coefficient (Wildman–Crippen LogP) is 4.58. The molecule has 4 heteroatoms. The first-order chi connectivity index (χ1) is 8.06. The van der Waals surface area contributed by atoms with Crippen LogP contribution in [0.5, 0.6) is 0 Å². The number of benzene rings is 2. The van der Waals surface area contributed by atoms with Crippen molar-refractivity contribution in [1.82, 2.24) is 0 Å². The van der Waals surface area contributed by atoms with Gasteiger partial charge in [0.25, 0.3) is 0 Å². The van der Waals surface area contributed by atoms with Gasteiger partial charge in [-0.3, -0.25) is 0 Å². The molecule has 3 N–H and O–H groups in total. The summed E-state index contributed by atoms with van der Waals surface area (Å²) in [6, 6.07) is 11.6. The van der Waals surface area contributed by atoms with Crippen LogP contribution in [0.2, 0.25) is 5.02 Å². The van der Waals surface area contributed by atoms with Crippen molar-refractivity contribution < 1.29 is 0 Å². The molecule has 0 unspecified atom stereocenters. The summed E-state index contributed by atoms with van der Waals surface area (Å²) < 4.78 is 1.08. The summed E-state index contributed by atoms with van der Waals surface area (Å²) in [5, 5.41) is 4.10. The maximum absolute atomic E-state index is 5.92. The Morgan fingerprint density at radius 1 is 1.12 bits per heavy atom. The number of anilines is 3. The lowest BCUT2D eigenvalue weighted by Gasteiger charge is -2.12. The highest BCUT2D eigenvalue weighted by Gasteiger charge is 2.03. The zero-order valence-electron chi connectivity index (χ0n) is 9.30. The average Bonchev–Trinajstić information content (AvgIpc) is 2.27. The summed E-state index contributed by atoms with van der Waals surface area (Å²) in [7, 11) is 0. The Morgan fingerprint density at radius 3 is 2.59 bits per heavy atom. The number of nitrogen functional groups attached to an aromatic ring is 1. The Hall–Kier alpha value is -0.940. The molecule has 0 aliphatic carbocycles. The molecule has 0 radical (unpaired) electrons. The first-order valence-electron chi connectivity index (χ1n) is 5.14. The van der Waals surface area contributed by atoms with Crippen molar-refractivity contribution >= 4 is 51.3 Å². The maximum Gasteiger partial charge on any atom is 0.0521 e. The van der Waals surface area contributed by atoms with Crippen LogP contribution in [0.15, 0.2) is 36.4 Å². The Kier molecular flexibility index (Phi) is 3.79. The lowest BCUT2D eigenvalue weighted by molar-refractivity contribution is 1.42. The van der Waals surface area contributed by atoms with Crippen molar-refractivity contribution in [2.45, 2.75) is 6.92 Å². The number of rotatable bonds is 2. The van der Waals surface area contributed by atoms with E-state index >= 15 is 0 Å². The fraction of sp³-hybridized carbons (Fsp3) is 0.0769. The highest BCUT2D eigenvalue weighted by Crippen LogP contribution is 2.28. The zero-order chi connectivity index (χ0) is 12.4. The molecule has 0 saturated heterocycles. The summed E-state index contributed by atoms with van der Waals surface area (Å²) in [5.74, 6) is 0. The number of aryl methyl sites for hydroxylation is 1. The van der Waals surface area contributed by atoms with E-state index < -0.39 is 0 Å². The number of nitrogens with two attached hydrogens (primary N) is 1. The van der Waals surface area contributed by atoms with E-state index in [2.05, 4.69) is 27.9 Å². The van der Waals surface area contributed by atoms with E-state index in [0.29, 0.717) is 0 Å². The molecule has 0 aliphatic heterocycles. The molecule has 17 heavy (non-hydrogen) atoms. The summed E-state index contributed by atoms with van der Waals surface area (Å²) >= 11 is 8.18. The van der Waals surface area contributed by atoms with Gasteiger partial charge in [0.2, 0.25) is 0 Å². The lowest BCUT2D eigenvalue weighted by Crippen LogP contribution is -1.96. The summed E-state index contributed by atoms with van der Waals surface area (Å²) in [4.78, 5) is 0. The molecule has 0 aromatic heterocycles. The van der Waals surface area contributed by atoms with Crippen LogP contribution in [0.3, 0.4) is 0 Å². The molecule has 88 valence electrons. The first kappa shape index (κ1) is 12.5. The SMILES string of the molecule is Cc1ccc(N)cc1Nc1ccc(Cl)cc1I. The van der Waals surface area contributed by atoms with E-state index in [0.717, 1.165) is 31.2 Å². The third-order valence-corrected chi connectivity index (χ3v) is 3.59. The van der Waals surface area contributed by atoms with Crippen molar-refractivity contribution in [2.24, 2.45) is 0 Å². The van der Waals surface area contributed by atoms with E-state index in [1.165, 1.54) is 0 Å². The topological polar surface area (TPSA) is 38.0 Å². The average molecular weight is 359 g/mol. The summed E-state index contributed by atoms with van der Waals surface area (Å²) in [5.41, 5.74) is 9.74. The Morgan fingerprint density at radius 2 is 1.88 bits per heavy atom. The van der Waals surface area contributed by atoms with Crippen LogP contribution in [0, 0.1) is 10.5 Å². The number of halogens is 2. The van der Waals surface area contributed by atoms with E-state index in [1.807, 2.05) is 43.3 Å². The van der Waals surface area contributed by atoms with Crippen molar-refractivity contribution in [1.29, 1.82) is 0 Å². The number of hydrogen-bond acceptors (Lipinski definition) is 2. The standard InChI is InChI=1S/C13H12ClIN2/c1-8-2-4-10(16)7-13(8)17-12-5-3-9(14)6-11(12)15/h2-7,17H,16H2,1H3. The van der Waals surface area contributed by atoms with Gasteiger partial charge in [-0.25, -0.2) is 0 Å². The van der Waals surface area contributed by atoms with Crippen molar-refractivity contribution in [3.8, 4) is 0 Å². The smallest absolute Gasteiger partial charge is 0.0521 e. The molecule has 0 atom stereocenters. The van der Waals surface area contributed by atoms with Gasteiger partial charge in [0.15, 0.2) is 0 Å². The third kappa shape index (κ3) is 3.04. The highest BCUT2D eigenvalue weighted by atomic mass is 127. The Labute approximate surface area is 119 Å². The maximum atomic E-state index is 5.92. The Bertz CT molecular complexity index is 555. The van der Waals surface area contributed by atoms with Gasteiger partial charge in [-0.15, -0.1) is 0 Å². The molecular weight excluding hydrogens is 347 g/mol. The number of nitrogens with one attached hydrogen (secondary N) is 1. The Balaban J connectivity index is 2.34. The predicted molar refractivity (Wildman–Crippen MR) is 83.0 cm³/mol. The minimum atomic E-state index is 0.740. The van der Waals surface area contributed by atoms with Gasteiger partial charge in [0, 0.05) is 20.0 Å². The van der Waals surface area contributed by atoms with Gasteiger partial charge >= 0.3 is 0 Å². The van der Waals surface area contributed by atoms with E-state index in [9.17, 15) is 0 Å². The molecular formula is C13H12ClIN2. The monoisotopic (exact) mass is 358 g/mol. The van der Waals surface area contributed by atoms with Crippen LogP contribution in [0.1, 0.15) is 5.56 Å². The second-order valence-corrected chi connectivity index (χ2v) is 5.42. The molecule has 0 spiro atoms. The molecule has 0 aliphatic rings. The molecule has 0 saturated carbocycles. The molecule has 2 aromatic rings. The van der Waals surface area contributed by atoms with Crippen molar-refractivity contribution in [3.63, 3.8) is 0 Å². The molecule has 0 fully saturated rings. The van der Waals surface area contributed by atoms with Gasteiger partial charge < -0.3 is 11.1 Å². The first-order valence-corrected chi connectivity index (χ1v) is 6.60. The minimum Gasteiger partial charge on any atom is -0.399 e. The van der Waals surface area contributed by atoms with Crippen LogP contribution in [0.4, 0.5) is 17.1 Å². The van der Waals surface area contributed by atoms with Crippen LogP contribution in [-0.4, -0.2) is 0 Å². The third-order valence-electron chi connectivity index (χ3n) is 2.46. The largest absolute Gasteiger partial charge is 0.399 e. The summed E-state index contributed by atoms with van der Waals surface area (Å²) in [6.45, 7) is 2.05. The van der Waals surface area contributed by atoms with Crippen LogP contribution in [0.25, 0.3) is 0 Å². The van der Waals surface area contributed by atoms with Crippen LogP contribution < -0.4 is 11.1 Å². The van der Waals surface area contributed by atoms with Crippen molar-refractivity contribution in [3.05, 3.63) is 50.6 Å². The quantitative estimate of drug-likeness (QED) is 0.609. The lowest BCUT2D eigenvalue weighted by atomic mass is 10.1. The zero-order valence-corrected chi connectivity index (χ0v) is 12.2. The van der Waals surface area contributed by atoms with E-state index in [1.54, 1.807) is 0 Å². The number of hydrogen-bond donors (Lipinski definition) is 2. The molecule has 0 heterocycles. The molecule has 0 bridgehead atoms. The van der Waals surface area contributed by atoms with E-state index in [-0.39, 0.29) is 0 Å². The van der Waals surface area contributed by atoms with Crippen LogP contribution >= 0.6 is 34.2 Å². The molecule has 0 amide bonds. The fourth-order valence-electron chi connectivity index (χ4n) is 1.51. The molecule has 2 rings (SSSR count). The minimum absolute atomic E-state index is 0.740.